The topological polar surface area (TPSA) is 57.5 Å². The van der Waals surface area contributed by atoms with Gasteiger partial charge in [-0.05, 0) is 51.0 Å². The molecule has 0 radical (unpaired) electrons. The maximum absolute atomic E-state index is 12.8. The summed E-state index contributed by atoms with van der Waals surface area (Å²) >= 11 is 0. The van der Waals surface area contributed by atoms with E-state index < -0.39 is 11.1 Å². The number of nitrogens with zero attached hydrogens (tertiary/aromatic N) is 3. The highest BCUT2D eigenvalue weighted by Crippen LogP contribution is 2.38. The molecule has 2 aromatic heterocycles. The summed E-state index contributed by atoms with van der Waals surface area (Å²) in [5, 5.41) is 11.9. The number of aryl methyl sites for hydroxylation is 1. The van der Waals surface area contributed by atoms with Crippen molar-refractivity contribution in [2.45, 2.75) is 64.3 Å². The number of ether oxygens (including phenoxy) is 1. The Labute approximate surface area is 226 Å². The number of benzene rings is 1. The highest BCUT2D eigenvalue weighted by Gasteiger charge is 2.46. The standard InChI is InChI=1S/C28H35N3O3.2ClH/c1-27(2)18-25(19-28(3,4)31(27)33)34-26(32)24-8-6-21(7-9-24)20-30-16-12-23(13-17-30)22-10-14-29(5)15-11-22;;/h6-17,25,33H,18-20H2,1-5H3;2*1H/q+2;;/p-2. The van der Waals surface area contributed by atoms with Gasteiger partial charge in [0.15, 0.2) is 31.3 Å². The van der Waals surface area contributed by atoms with E-state index in [1.54, 1.807) is 0 Å². The summed E-state index contributed by atoms with van der Waals surface area (Å²) in [6, 6.07) is 16.0. The van der Waals surface area contributed by atoms with E-state index in [4.69, 9.17) is 4.74 Å². The van der Waals surface area contributed by atoms with Crippen molar-refractivity contribution in [2.75, 3.05) is 0 Å². The van der Waals surface area contributed by atoms with Crippen LogP contribution in [-0.2, 0) is 18.3 Å². The van der Waals surface area contributed by atoms with Crippen LogP contribution in [-0.4, -0.2) is 33.4 Å². The smallest absolute Gasteiger partial charge is 0.338 e. The van der Waals surface area contributed by atoms with Crippen molar-refractivity contribution in [3.05, 3.63) is 84.4 Å². The second kappa shape index (κ2) is 11.7. The Kier molecular flexibility index (Phi) is 9.65. The third kappa shape index (κ3) is 6.83. The molecule has 3 aromatic rings. The zero-order valence-electron chi connectivity index (χ0n) is 21.5. The summed E-state index contributed by atoms with van der Waals surface area (Å²) in [5.74, 6) is -0.317. The van der Waals surface area contributed by atoms with Crippen molar-refractivity contribution in [1.29, 1.82) is 0 Å². The van der Waals surface area contributed by atoms with E-state index >= 15 is 0 Å². The highest BCUT2D eigenvalue weighted by atomic mass is 35.5. The molecule has 0 spiro atoms. The third-order valence-electron chi connectivity index (χ3n) is 6.63. The minimum Gasteiger partial charge on any atom is -1.00 e. The summed E-state index contributed by atoms with van der Waals surface area (Å²) < 4.78 is 9.97. The minimum absolute atomic E-state index is 0. The maximum Gasteiger partial charge on any atom is 0.338 e. The normalized spacial score (nSPS) is 16.9. The van der Waals surface area contributed by atoms with Crippen LogP contribution in [0.4, 0.5) is 0 Å². The second-order valence-corrected chi connectivity index (χ2v) is 10.6. The van der Waals surface area contributed by atoms with Crippen molar-refractivity contribution in [3.8, 4) is 11.1 Å². The predicted molar refractivity (Wildman–Crippen MR) is 129 cm³/mol. The fraction of sp³-hybridized carbons (Fsp3) is 0.393. The fourth-order valence-corrected chi connectivity index (χ4v) is 4.89. The van der Waals surface area contributed by atoms with Gasteiger partial charge in [0.2, 0.25) is 0 Å². The maximum atomic E-state index is 12.8. The van der Waals surface area contributed by atoms with Crippen LogP contribution in [0.2, 0.25) is 0 Å². The molecule has 0 atom stereocenters. The zero-order chi connectivity index (χ0) is 24.5. The van der Waals surface area contributed by atoms with Crippen molar-refractivity contribution in [3.63, 3.8) is 0 Å². The van der Waals surface area contributed by atoms with Crippen molar-refractivity contribution < 1.29 is 48.7 Å². The molecule has 8 heteroatoms. The van der Waals surface area contributed by atoms with Crippen molar-refractivity contribution in [2.24, 2.45) is 7.05 Å². The number of carbonyl (C=O) groups is 1. The molecule has 194 valence electrons. The quantitative estimate of drug-likeness (QED) is 0.308. The Morgan fingerprint density at radius 2 is 1.36 bits per heavy atom. The van der Waals surface area contributed by atoms with E-state index in [2.05, 4.69) is 41.2 Å². The molecule has 4 rings (SSSR count). The molecule has 1 aromatic carbocycles. The minimum atomic E-state index is -0.457. The Morgan fingerprint density at radius 1 is 0.889 bits per heavy atom. The molecule has 0 amide bonds. The summed E-state index contributed by atoms with van der Waals surface area (Å²) in [7, 11) is 2.01. The van der Waals surface area contributed by atoms with Crippen LogP contribution in [0.1, 0.15) is 56.5 Å². The molecule has 0 unspecified atom stereocenters. The fourth-order valence-electron chi connectivity index (χ4n) is 4.89. The Balaban J connectivity index is 0.00000228. The van der Waals surface area contributed by atoms with E-state index in [1.165, 1.54) is 16.2 Å². The number of halogens is 2. The van der Waals surface area contributed by atoms with Crippen molar-refractivity contribution in [1.82, 2.24) is 5.06 Å². The lowest BCUT2D eigenvalue weighted by atomic mass is 9.80. The summed E-state index contributed by atoms with van der Waals surface area (Å²) in [6.07, 6.45) is 9.17. The molecule has 1 fully saturated rings. The van der Waals surface area contributed by atoms with Gasteiger partial charge in [0.05, 0.1) is 5.56 Å². The van der Waals surface area contributed by atoms with Crippen LogP contribution in [0.25, 0.3) is 11.1 Å². The summed E-state index contributed by atoms with van der Waals surface area (Å²) in [6.45, 7) is 8.58. The van der Waals surface area contributed by atoms with E-state index in [9.17, 15) is 10.0 Å². The SMILES string of the molecule is C[n+]1ccc(-c2cc[n+](Cc3ccc(C(=O)OC4CC(C)(C)N(O)C(C)(C)C4)cc3)cc2)cc1.[Cl-].[Cl-]. The first kappa shape index (κ1) is 29.7. The molecule has 36 heavy (non-hydrogen) atoms. The number of aromatic nitrogens is 2. The average molecular weight is 533 g/mol. The van der Waals surface area contributed by atoms with Gasteiger partial charge in [0.25, 0.3) is 0 Å². The van der Waals surface area contributed by atoms with E-state index in [1.807, 2.05) is 76.0 Å². The Morgan fingerprint density at radius 3 is 1.86 bits per heavy atom. The number of hydrogen-bond donors (Lipinski definition) is 1. The first-order valence-corrected chi connectivity index (χ1v) is 11.8. The number of pyridine rings is 2. The first-order chi connectivity index (χ1) is 16.0. The molecule has 1 aliphatic heterocycles. The van der Waals surface area contributed by atoms with Gasteiger partial charge in [-0.25, -0.2) is 13.9 Å². The van der Waals surface area contributed by atoms with Crippen molar-refractivity contribution >= 4 is 5.97 Å². The zero-order valence-corrected chi connectivity index (χ0v) is 23.0. The summed E-state index contributed by atoms with van der Waals surface area (Å²) in [5.41, 5.74) is 3.10. The number of carbonyl (C=O) groups excluding carboxylic acids is 1. The van der Waals surface area contributed by atoms with E-state index in [0.717, 1.165) is 12.1 Å². The van der Waals surface area contributed by atoms with Crippen LogP contribution < -0.4 is 33.9 Å². The Hall–Kier alpha value is -2.51. The Bertz CT molecular complexity index is 1130. The van der Waals surface area contributed by atoms with Crippen LogP contribution in [0.15, 0.2) is 73.3 Å². The van der Waals surface area contributed by atoms with Crippen LogP contribution >= 0.6 is 0 Å². The average Bonchev–Trinajstić information content (AvgIpc) is 2.79. The molecule has 0 bridgehead atoms. The molecule has 1 saturated heterocycles. The van der Waals surface area contributed by atoms with Crippen LogP contribution in [0.5, 0.6) is 0 Å². The number of piperidine rings is 1. The molecular formula is C28H35Cl2N3O3. The number of esters is 1. The van der Waals surface area contributed by atoms with E-state index in [0.29, 0.717) is 18.4 Å². The molecule has 0 aliphatic carbocycles. The number of rotatable bonds is 5. The third-order valence-corrected chi connectivity index (χ3v) is 6.63. The van der Waals surface area contributed by atoms with Gasteiger partial charge in [-0.1, -0.05) is 12.1 Å². The highest BCUT2D eigenvalue weighted by molar-refractivity contribution is 5.89. The van der Waals surface area contributed by atoms with Crippen LogP contribution in [0, 0.1) is 0 Å². The lowest BCUT2D eigenvalue weighted by Crippen LogP contribution is -3.00. The van der Waals surface area contributed by atoms with Gasteiger partial charge in [-0.2, -0.15) is 5.06 Å². The number of hydroxylamine groups is 2. The lowest BCUT2D eigenvalue weighted by molar-refractivity contribution is -0.688. The van der Waals surface area contributed by atoms with Crippen LogP contribution in [0.3, 0.4) is 0 Å². The first-order valence-electron chi connectivity index (χ1n) is 11.8. The van der Waals surface area contributed by atoms with Gasteiger partial charge in [0.1, 0.15) is 13.2 Å². The summed E-state index contributed by atoms with van der Waals surface area (Å²) in [4.78, 5) is 12.8. The second-order valence-electron chi connectivity index (χ2n) is 10.6. The molecule has 6 nitrogen and oxygen atoms in total. The molecule has 3 heterocycles. The van der Waals surface area contributed by atoms with Gasteiger partial charge in [-0.3, -0.25) is 0 Å². The lowest BCUT2D eigenvalue weighted by Gasteiger charge is -2.50. The van der Waals surface area contributed by atoms with Gasteiger partial charge in [-0.15, -0.1) is 0 Å². The van der Waals surface area contributed by atoms with E-state index in [-0.39, 0.29) is 36.9 Å². The largest absolute Gasteiger partial charge is 1.00 e. The monoisotopic (exact) mass is 531 g/mol. The molecular weight excluding hydrogens is 497 g/mol. The van der Waals surface area contributed by atoms with Gasteiger partial charge < -0.3 is 34.8 Å². The van der Waals surface area contributed by atoms with Gasteiger partial charge >= 0.3 is 5.97 Å². The molecule has 1 aliphatic rings. The number of hydrogen-bond acceptors (Lipinski definition) is 4. The molecule has 0 saturated carbocycles. The van der Waals surface area contributed by atoms with Gasteiger partial charge in [0, 0.05) is 53.7 Å². The molecule has 1 N–H and O–H groups in total. The predicted octanol–water partition coefficient (Wildman–Crippen LogP) is -1.91.